The van der Waals surface area contributed by atoms with E-state index in [9.17, 15) is 4.79 Å². The Hall–Kier alpha value is -1.30. The second kappa shape index (κ2) is 9.60. The van der Waals surface area contributed by atoms with Crippen molar-refractivity contribution >= 4 is 24.0 Å². The molecule has 21 heavy (non-hydrogen) atoms. The summed E-state index contributed by atoms with van der Waals surface area (Å²) >= 11 is 0. The first kappa shape index (κ1) is 17.8. The zero-order valence-corrected chi connectivity index (χ0v) is 13.1. The minimum atomic E-state index is 0. The molecule has 0 spiro atoms. The number of anilines is 1. The molecule has 118 valence electrons. The first-order valence-electron chi connectivity index (χ1n) is 7.00. The largest absolute Gasteiger partial charge is 0.491 e. The summed E-state index contributed by atoms with van der Waals surface area (Å²) in [6.45, 7) is 3.05. The van der Waals surface area contributed by atoms with Crippen molar-refractivity contribution in [3.05, 3.63) is 24.3 Å². The average molecular weight is 315 g/mol. The van der Waals surface area contributed by atoms with Crippen LogP contribution in [0.25, 0.3) is 0 Å². The fourth-order valence-electron chi connectivity index (χ4n) is 2.24. The molecule has 0 bridgehead atoms. The Bertz CT molecular complexity index is 419. The van der Waals surface area contributed by atoms with Crippen LogP contribution in [-0.4, -0.2) is 39.3 Å². The molecule has 1 aromatic carbocycles. The second-order valence-corrected chi connectivity index (χ2v) is 4.98. The van der Waals surface area contributed by atoms with Crippen LogP contribution in [0.15, 0.2) is 24.3 Å². The third-order valence-electron chi connectivity index (χ3n) is 3.33. The van der Waals surface area contributed by atoms with Gasteiger partial charge < -0.3 is 20.1 Å². The van der Waals surface area contributed by atoms with Crippen LogP contribution in [0.4, 0.5) is 5.69 Å². The Morgan fingerprint density at radius 3 is 2.71 bits per heavy atom. The monoisotopic (exact) mass is 314 g/mol. The van der Waals surface area contributed by atoms with Gasteiger partial charge in [0.2, 0.25) is 5.91 Å². The molecule has 1 atom stereocenters. The molecule has 2 rings (SSSR count). The molecule has 1 heterocycles. The molecule has 0 radical (unpaired) electrons. The van der Waals surface area contributed by atoms with Gasteiger partial charge in [-0.25, -0.2) is 0 Å². The Balaban J connectivity index is 0.00000220. The third-order valence-corrected chi connectivity index (χ3v) is 3.33. The normalized spacial score (nSPS) is 17.1. The van der Waals surface area contributed by atoms with Crippen molar-refractivity contribution in [1.82, 2.24) is 5.32 Å². The van der Waals surface area contributed by atoms with Gasteiger partial charge in [-0.3, -0.25) is 4.79 Å². The summed E-state index contributed by atoms with van der Waals surface area (Å²) in [5.74, 6) is 1.32. The highest BCUT2D eigenvalue weighted by atomic mass is 35.5. The molecule has 2 N–H and O–H groups in total. The zero-order chi connectivity index (χ0) is 14.2. The average Bonchev–Trinajstić information content (AvgIpc) is 2.94. The van der Waals surface area contributed by atoms with Gasteiger partial charge in [-0.05, 0) is 49.7 Å². The number of methoxy groups -OCH3 is 1. The number of halogens is 1. The van der Waals surface area contributed by atoms with Gasteiger partial charge in [0.1, 0.15) is 12.4 Å². The fourth-order valence-corrected chi connectivity index (χ4v) is 2.24. The van der Waals surface area contributed by atoms with E-state index in [0.717, 1.165) is 30.9 Å². The number of nitrogens with one attached hydrogen (secondary N) is 2. The maximum absolute atomic E-state index is 11.9. The summed E-state index contributed by atoms with van der Waals surface area (Å²) in [5.41, 5.74) is 0.806. The van der Waals surface area contributed by atoms with Gasteiger partial charge in [-0.15, -0.1) is 12.4 Å². The standard InChI is InChI=1S/C15H22N2O3.ClH/c1-19-8-9-20-14-4-2-13(3-5-14)17-15(18)10-12-6-7-16-11-12;/h2-5,12,16H,6-11H2,1H3,(H,17,18);1H. The molecule has 0 aromatic heterocycles. The summed E-state index contributed by atoms with van der Waals surface area (Å²) in [4.78, 5) is 11.9. The lowest BCUT2D eigenvalue weighted by Crippen LogP contribution is -2.18. The summed E-state index contributed by atoms with van der Waals surface area (Å²) in [6.07, 6.45) is 1.67. The molecule has 1 fully saturated rings. The first-order valence-corrected chi connectivity index (χ1v) is 7.00. The molecule has 5 nitrogen and oxygen atoms in total. The van der Waals surface area contributed by atoms with E-state index >= 15 is 0 Å². The molecular formula is C15H23ClN2O3. The molecule has 0 saturated carbocycles. The molecule has 1 unspecified atom stereocenters. The van der Waals surface area contributed by atoms with E-state index in [1.54, 1.807) is 7.11 Å². The van der Waals surface area contributed by atoms with Gasteiger partial charge in [0.15, 0.2) is 0 Å². The summed E-state index contributed by atoms with van der Waals surface area (Å²) in [5, 5.41) is 6.18. The highest BCUT2D eigenvalue weighted by Gasteiger charge is 2.17. The molecule has 1 aliphatic rings. The smallest absolute Gasteiger partial charge is 0.224 e. The van der Waals surface area contributed by atoms with Crippen LogP contribution in [0.5, 0.6) is 5.75 Å². The highest BCUT2D eigenvalue weighted by Crippen LogP contribution is 2.17. The van der Waals surface area contributed by atoms with E-state index in [1.165, 1.54) is 0 Å². The highest BCUT2D eigenvalue weighted by molar-refractivity contribution is 5.90. The van der Waals surface area contributed by atoms with Crippen molar-refractivity contribution in [2.45, 2.75) is 12.8 Å². The maximum Gasteiger partial charge on any atom is 0.224 e. The predicted octanol–water partition coefficient (Wildman–Crippen LogP) is 2.07. The number of benzene rings is 1. The van der Waals surface area contributed by atoms with Crippen LogP contribution in [0, 0.1) is 5.92 Å². The molecule has 1 amide bonds. The van der Waals surface area contributed by atoms with Gasteiger partial charge in [0, 0.05) is 19.2 Å². The van der Waals surface area contributed by atoms with E-state index in [4.69, 9.17) is 9.47 Å². The van der Waals surface area contributed by atoms with Crippen molar-refractivity contribution in [1.29, 1.82) is 0 Å². The van der Waals surface area contributed by atoms with Crippen molar-refractivity contribution in [3.8, 4) is 5.75 Å². The number of hydrogen-bond acceptors (Lipinski definition) is 4. The van der Waals surface area contributed by atoms with E-state index < -0.39 is 0 Å². The van der Waals surface area contributed by atoms with Gasteiger partial charge in [-0.2, -0.15) is 0 Å². The van der Waals surface area contributed by atoms with E-state index in [1.807, 2.05) is 24.3 Å². The molecule has 0 aliphatic carbocycles. The van der Waals surface area contributed by atoms with Crippen LogP contribution in [0.1, 0.15) is 12.8 Å². The van der Waals surface area contributed by atoms with Crippen LogP contribution >= 0.6 is 12.4 Å². The van der Waals surface area contributed by atoms with Crippen LogP contribution in [-0.2, 0) is 9.53 Å². The zero-order valence-electron chi connectivity index (χ0n) is 12.3. The molecule has 1 saturated heterocycles. The number of amides is 1. The minimum Gasteiger partial charge on any atom is -0.491 e. The lowest BCUT2D eigenvalue weighted by molar-refractivity contribution is -0.116. The fraction of sp³-hybridized carbons (Fsp3) is 0.533. The molecule has 1 aromatic rings. The van der Waals surface area contributed by atoms with Gasteiger partial charge in [-0.1, -0.05) is 0 Å². The third kappa shape index (κ3) is 6.33. The number of carbonyl (C=O) groups excluding carboxylic acids is 1. The Labute approximate surface area is 131 Å². The summed E-state index contributed by atoms with van der Waals surface area (Å²) < 4.78 is 10.4. The lowest BCUT2D eigenvalue weighted by atomic mass is 10.0. The SMILES string of the molecule is COCCOc1ccc(NC(=O)CC2CCNC2)cc1.Cl. The Morgan fingerprint density at radius 2 is 2.10 bits per heavy atom. The summed E-state index contributed by atoms with van der Waals surface area (Å²) in [6, 6.07) is 7.41. The Kier molecular flexibility index (Phi) is 8.12. The molecule has 6 heteroatoms. The quantitative estimate of drug-likeness (QED) is 0.757. The van der Waals surface area contributed by atoms with Gasteiger partial charge in [0.25, 0.3) is 0 Å². The van der Waals surface area contributed by atoms with Crippen LogP contribution in [0.2, 0.25) is 0 Å². The number of rotatable bonds is 7. The van der Waals surface area contributed by atoms with Crippen LogP contribution in [0.3, 0.4) is 0 Å². The number of carbonyl (C=O) groups is 1. The van der Waals surface area contributed by atoms with E-state index in [0.29, 0.717) is 25.6 Å². The minimum absolute atomic E-state index is 0. The topological polar surface area (TPSA) is 59.6 Å². The van der Waals surface area contributed by atoms with Crippen molar-refractivity contribution < 1.29 is 14.3 Å². The number of hydrogen-bond donors (Lipinski definition) is 2. The van der Waals surface area contributed by atoms with E-state index in [2.05, 4.69) is 10.6 Å². The predicted molar refractivity (Wildman–Crippen MR) is 85.3 cm³/mol. The van der Waals surface area contributed by atoms with Crippen molar-refractivity contribution in [3.63, 3.8) is 0 Å². The summed E-state index contributed by atoms with van der Waals surface area (Å²) in [7, 11) is 1.64. The van der Waals surface area contributed by atoms with Crippen LogP contribution < -0.4 is 15.4 Å². The second-order valence-electron chi connectivity index (χ2n) is 4.98. The van der Waals surface area contributed by atoms with Crippen molar-refractivity contribution in [2.75, 3.05) is 38.7 Å². The maximum atomic E-state index is 11.9. The first-order chi connectivity index (χ1) is 9.78. The van der Waals surface area contributed by atoms with Gasteiger partial charge >= 0.3 is 0 Å². The Morgan fingerprint density at radius 1 is 1.33 bits per heavy atom. The molecule has 1 aliphatic heterocycles. The lowest BCUT2D eigenvalue weighted by Gasteiger charge is -2.10. The van der Waals surface area contributed by atoms with Gasteiger partial charge in [0.05, 0.1) is 6.61 Å². The molecular weight excluding hydrogens is 292 g/mol. The number of ether oxygens (including phenoxy) is 2. The van der Waals surface area contributed by atoms with E-state index in [-0.39, 0.29) is 18.3 Å². The van der Waals surface area contributed by atoms with Crippen molar-refractivity contribution in [2.24, 2.45) is 5.92 Å².